The molecular weight excluding hydrogens is 316 g/mol. The van der Waals surface area contributed by atoms with Crippen LogP contribution in [0.4, 0.5) is 5.69 Å². The van der Waals surface area contributed by atoms with E-state index in [9.17, 15) is 14.4 Å². The Morgan fingerprint density at radius 3 is 2.40 bits per heavy atom. The second kappa shape index (κ2) is 5.04. The molecule has 0 aliphatic carbocycles. The summed E-state index contributed by atoms with van der Waals surface area (Å²) in [7, 11) is 0. The van der Waals surface area contributed by atoms with E-state index >= 15 is 0 Å². The average molecular weight is 338 g/mol. The summed E-state index contributed by atoms with van der Waals surface area (Å²) in [6, 6.07) is 7.02. The topological polar surface area (TPSA) is 66.5 Å². The van der Waals surface area contributed by atoms with Crippen molar-refractivity contribution in [3.8, 4) is 0 Å². The Bertz CT molecular complexity index is 834. The molecule has 1 aromatic rings. The number of ketones is 1. The minimum atomic E-state index is -0.626. The van der Waals surface area contributed by atoms with Crippen LogP contribution in [-0.4, -0.2) is 29.7 Å². The minimum absolute atomic E-state index is 0.00222. The van der Waals surface area contributed by atoms with Gasteiger partial charge in [0.25, 0.3) is 0 Å². The molecule has 0 bridgehead atoms. The predicted molar refractivity (Wildman–Crippen MR) is 94.7 cm³/mol. The Balaban J connectivity index is 1.93. The van der Waals surface area contributed by atoms with Gasteiger partial charge < -0.3 is 4.90 Å². The van der Waals surface area contributed by atoms with Gasteiger partial charge in [-0.3, -0.25) is 19.7 Å². The fourth-order valence-corrected chi connectivity index (χ4v) is 4.46. The SMILES string of the molecule is CC1=C[C@H]2[C@H]3C(=O)NC(=O)[C@H]3[C@@H](C(=O)C(C)(C)C)N2c2ccccc21. The molecule has 1 N–H and O–H groups in total. The summed E-state index contributed by atoms with van der Waals surface area (Å²) in [6.45, 7) is 7.61. The molecule has 3 aliphatic rings. The van der Waals surface area contributed by atoms with E-state index in [1.54, 1.807) is 0 Å². The summed E-state index contributed by atoms with van der Waals surface area (Å²) in [4.78, 5) is 40.2. The van der Waals surface area contributed by atoms with Gasteiger partial charge in [0.15, 0.2) is 5.78 Å². The zero-order valence-corrected chi connectivity index (χ0v) is 14.9. The number of carbonyl (C=O) groups is 3. The molecule has 0 unspecified atom stereocenters. The van der Waals surface area contributed by atoms with E-state index < -0.39 is 23.3 Å². The van der Waals surface area contributed by atoms with Crippen LogP contribution in [-0.2, 0) is 14.4 Å². The third kappa shape index (κ3) is 2.11. The summed E-state index contributed by atoms with van der Waals surface area (Å²) in [5.41, 5.74) is 2.47. The lowest BCUT2D eigenvalue weighted by atomic mass is 9.79. The number of hydrogen-bond donors (Lipinski definition) is 1. The van der Waals surface area contributed by atoms with Crippen molar-refractivity contribution in [3.63, 3.8) is 0 Å². The highest BCUT2D eigenvalue weighted by Crippen LogP contribution is 2.49. The van der Waals surface area contributed by atoms with E-state index in [-0.39, 0.29) is 23.6 Å². The summed E-state index contributed by atoms with van der Waals surface area (Å²) in [5.74, 6) is -1.72. The number of hydrogen-bond acceptors (Lipinski definition) is 4. The van der Waals surface area contributed by atoms with Crippen molar-refractivity contribution in [2.45, 2.75) is 39.8 Å². The van der Waals surface area contributed by atoms with Crippen LogP contribution in [0.1, 0.15) is 33.3 Å². The predicted octanol–water partition coefficient (Wildman–Crippen LogP) is 2.16. The van der Waals surface area contributed by atoms with Gasteiger partial charge in [-0.2, -0.15) is 0 Å². The first-order valence-corrected chi connectivity index (χ1v) is 8.67. The first-order valence-electron chi connectivity index (χ1n) is 8.67. The van der Waals surface area contributed by atoms with Crippen LogP contribution in [0.15, 0.2) is 30.3 Å². The van der Waals surface area contributed by atoms with E-state index in [0.717, 1.165) is 16.8 Å². The number of carbonyl (C=O) groups excluding carboxylic acids is 3. The van der Waals surface area contributed by atoms with Crippen molar-refractivity contribution in [2.24, 2.45) is 17.3 Å². The second-order valence-electron chi connectivity index (χ2n) is 8.23. The third-order valence-corrected chi connectivity index (χ3v) is 5.60. The van der Waals surface area contributed by atoms with Crippen molar-refractivity contribution in [1.82, 2.24) is 5.32 Å². The quantitative estimate of drug-likeness (QED) is 0.797. The molecule has 25 heavy (non-hydrogen) atoms. The maximum absolute atomic E-state index is 13.3. The highest BCUT2D eigenvalue weighted by molar-refractivity contribution is 6.12. The largest absolute Gasteiger partial charge is 0.353 e. The first-order chi connectivity index (χ1) is 11.7. The summed E-state index contributed by atoms with van der Waals surface area (Å²) in [6.07, 6.45) is 2.04. The monoisotopic (exact) mass is 338 g/mol. The molecule has 0 radical (unpaired) electrons. The molecule has 0 saturated carbocycles. The van der Waals surface area contributed by atoms with Gasteiger partial charge in [-0.1, -0.05) is 45.0 Å². The Hall–Kier alpha value is -2.43. The fraction of sp³-hybridized carbons (Fsp3) is 0.450. The molecule has 3 heterocycles. The van der Waals surface area contributed by atoms with Crippen molar-refractivity contribution in [2.75, 3.05) is 4.90 Å². The van der Waals surface area contributed by atoms with Crippen LogP contribution in [0.2, 0.25) is 0 Å². The fourth-order valence-electron chi connectivity index (χ4n) is 4.46. The molecule has 5 heteroatoms. The molecule has 2 amide bonds. The van der Waals surface area contributed by atoms with E-state index in [1.165, 1.54) is 0 Å². The maximum atomic E-state index is 13.3. The number of anilines is 1. The summed E-state index contributed by atoms with van der Waals surface area (Å²) < 4.78 is 0. The number of fused-ring (bicyclic) bond motifs is 5. The molecule has 2 saturated heterocycles. The van der Waals surface area contributed by atoms with Gasteiger partial charge in [0, 0.05) is 16.7 Å². The van der Waals surface area contributed by atoms with E-state index in [2.05, 4.69) is 5.32 Å². The molecular formula is C20H22N2O3. The Kier molecular flexibility index (Phi) is 3.24. The van der Waals surface area contributed by atoms with Crippen LogP contribution < -0.4 is 10.2 Å². The Morgan fingerprint density at radius 2 is 1.72 bits per heavy atom. The van der Waals surface area contributed by atoms with Crippen molar-refractivity contribution in [3.05, 3.63) is 35.9 Å². The highest BCUT2D eigenvalue weighted by Gasteiger charge is 2.62. The smallest absolute Gasteiger partial charge is 0.233 e. The Labute approximate surface area is 147 Å². The van der Waals surface area contributed by atoms with Crippen molar-refractivity contribution >= 4 is 28.9 Å². The normalized spacial score (nSPS) is 30.4. The van der Waals surface area contributed by atoms with Gasteiger partial charge in [-0.25, -0.2) is 0 Å². The molecule has 1 aromatic carbocycles. The van der Waals surface area contributed by atoms with Gasteiger partial charge in [-0.05, 0) is 18.6 Å². The van der Waals surface area contributed by atoms with Gasteiger partial charge in [0.1, 0.15) is 6.04 Å². The van der Waals surface area contributed by atoms with Crippen LogP contribution in [0.5, 0.6) is 0 Å². The number of imide groups is 1. The Morgan fingerprint density at radius 1 is 1.08 bits per heavy atom. The maximum Gasteiger partial charge on any atom is 0.233 e. The molecule has 4 rings (SSSR count). The first kappa shape index (κ1) is 16.1. The number of nitrogens with one attached hydrogen (secondary N) is 1. The van der Waals surface area contributed by atoms with Crippen molar-refractivity contribution < 1.29 is 14.4 Å². The van der Waals surface area contributed by atoms with Crippen LogP contribution in [0, 0.1) is 17.3 Å². The van der Waals surface area contributed by atoms with Gasteiger partial charge in [-0.15, -0.1) is 0 Å². The molecule has 3 aliphatic heterocycles. The number of Topliss-reactive ketones (excluding diaryl/α,β-unsaturated/α-hetero) is 1. The summed E-state index contributed by atoms with van der Waals surface area (Å²) >= 11 is 0. The lowest BCUT2D eigenvalue weighted by Gasteiger charge is -2.39. The number of amides is 2. The molecule has 5 nitrogen and oxygen atoms in total. The highest BCUT2D eigenvalue weighted by atomic mass is 16.2. The van der Waals surface area contributed by atoms with E-state index in [4.69, 9.17) is 0 Å². The van der Waals surface area contributed by atoms with E-state index in [1.807, 2.05) is 62.9 Å². The van der Waals surface area contributed by atoms with E-state index in [0.29, 0.717) is 0 Å². The second-order valence-corrected chi connectivity index (χ2v) is 8.23. The number of rotatable bonds is 1. The summed E-state index contributed by atoms with van der Waals surface area (Å²) in [5, 5.41) is 2.44. The average Bonchev–Trinajstić information content (AvgIpc) is 3.02. The molecule has 4 atom stereocenters. The number of nitrogens with zero attached hydrogens (tertiary/aromatic N) is 1. The van der Waals surface area contributed by atoms with Crippen LogP contribution in [0.3, 0.4) is 0 Å². The standard InChI is InChI=1S/C20H22N2O3/c1-10-9-13-14-15(19(25)21-18(14)24)16(17(23)20(2,3)4)22(13)12-8-6-5-7-11(10)12/h5-9,13-16H,1-4H3,(H,21,24,25)/t13-,14+,15+,16-/m0/s1. The third-order valence-electron chi connectivity index (χ3n) is 5.60. The molecule has 2 fully saturated rings. The lowest BCUT2D eigenvalue weighted by Crippen LogP contribution is -2.51. The molecule has 0 spiro atoms. The van der Waals surface area contributed by atoms with Crippen molar-refractivity contribution in [1.29, 1.82) is 0 Å². The van der Waals surface area contributed by atoms with Gasteiger partial charge in [0.05, 0.1) is 17.9 Å². The van der Waals surface area contributed by atoms with Crippen LogP contribution in [0.25, 0.3) is 5.57 Å². The molecule has 0 aromatic heterocycles. The number of allylic oxidation sites excluding steroid dienone is 1. The van der Waals surface area contributed by atoms with Gasteiger partial charge in [0.2, 0.25) is 11.8 Å². The van der Waals surface area contributed by atoms with Crippen LogP contribution >= 0.6 is 0 Å². The van der Waals surface area contributed by atoms with Gasteiger partial charge >= 0.3 is 0 Å². The zero-order chi connectivity index (χ0) is 18.1. The lowest BCUT2D eigenvalue weighted by molar-refractivity contribution is -0.132. The number of para-hydroxylation sites is 1. The number of benzene rings is 1. The minimum Gasteiger partial charge on any atom is -0.353 e. The molecule has 130 valence electrons. The zero-order valence-electron chi connectivity index (χ0n) is 14.9.